The van der Waals surface area contributed by atoms with E-state index in [0.29, 0.717) is 22.5 Å². The van der Waals surface area contributed by atoms with Crippen molar-refractivity contribution in [2.45, 2.75) is 6.92 Å². The van der Waals surface area contributed by atoms with Crippen LogP contribution in [0.3, 0.4) is 0 Å². The molecule has 14 heavy (non-hydrogen) atoms. The molecule has 3 N–H and O–H groups in total. The van der Waals surface area contributed by atoms with Gasteiger partial charge in [-0.2, -0.15) is 0 Å². The monoisotopic (exact) mass is 233 g/mol. The van der Waals surface area contributed by atoms with E-state index in [0.717, 1.165) is 12.2 Å². The van der Waals surface area contributed by atoms with Crippen LogP contribution in [0.25, 0.3) is 0 Å². The molecule has 0 aliphatic carbocycles. The molecule has 1 unspecified atom stereocenters. The quantitative estimate of drug-likeness (QED) is 0.840. The molecule has 0 aliphatic rings. The lowest BCUT2D eigenvalue weighted by Gasteiger charge is -2.13. The fourth-order valence-corrected chi connectivity index (χ4v) is 1.44. The number of nitrogens with two attached hydrogens (primary N) is 1. The van der Waals surface area contributed by atoms with Crippen molar-refractivity contribution < 1.29 is 0 Å². The van der Waals surface area contributed by atoms with Crippen LogP contribution < -0.4 is 11.1 Å². The maximum absolute atomic E-state index is 5.92. The smallest absolute Gasteiger partial charge is 0.0836 e. The summed E-state index contributed by atoms with van der Waals surface area (Å²) in [5, 5.41) is 4.21. The molecule has 0 amide bonds. The third-order valence-corrected chi connectivity index (χ3v) is 2.46. The zero-order chi connectivity index (χ0) is 10.6. The minimum Gasteiger partial charge on any atom is -0.382 e. The van der Waals surface area contributed by atoms with E-state index < -0.39 is 0 Å². The molecule has 78 valence electrons. The Labute approximate surface area is 93.6 Å². The first-order chi connectivity index (χ1) is 6.65. The molecule has 1 rings (SSSR count). The van der Waals surface area contributed by atoms with Crippen LogP contribution in [0.2, 0.25) is 10.0 Å². The Morgan fingerprint density at radius 2 is 2.00 bits per heavy atom. The minimum atomic E-state index is 0.385. The number of nitrogens with zero attached hydrogens (tertiary/aromatic N) is 1. The number of aromatic nitrogens is 1. The average molecular weight is 234 g/mol. The molecule has 0 aliphatic heterocycles. The largest absolute Gasteiger partial charge is 0.382 e. The summed E-state index contributed by atoms with van der Waals surface area (Å²) in [5.41, 5.74) is 6.22. The van der Waals surface area contributed by atoms with Gasteiger partial charge < -0.3 is 11.1 Å². The van der Waals surface area contributed by atoms with Gasteiger partial charge in [0.1, 0.15) is 0 Å². The summed E-state index contributed by atoms with van der Waals surface area (Å²) < 4.78 is 0. The summed E-state index contributed by atoms with van der Waals surface area (Å²) in [7, 11) is 0. The second-order valence-corrected chi connectivity index (χ2v) is 4.01. The van der Waals surface area contributed by atoms with Gasteiger partial charge in [0.15, 0.2) is 0 Å². The van der Waals surface area contributed by atoms with Crippen LogP contribution in [0.4, 0.5) is 5.69 Å². The van der Waals surface area contributed by atoms with Crippen LogP contribution in [0, 0.1) is 5.92 Å². The minimum absolute atomic E-state index is 0.385. The van der Waals surface area contributed by atoms with Crippen LogP contribution in [-0.2, 0) is 0 Å². The first kappa shape index (κ1) is 11.6. The van der Waals surface area contributed by atoms with E-state index in [2.05, 4.69) is 17.2 Å². The Bertz CT molecular complexity index is 284. The summed E-state index contributed by atoms with van der Waals surface area (Å²) in [4.78, 5) is 3.86. The van der Waals surface area contributed by atoms with Gasteiger partial charge in [0, 0.05) is 18.9 Å². The Morgan fingerprint density at radius 1 is 1.43 bits per heavy atom. The van der Waals surface area contributed by atoms with Crippen LogP contribution in [0.1, 0.15) is 6.92 Å². The second kappa shape index (κ2) is 5.39. The van der Waals surface area contributed by atoms with Gasteiger partial charge in [0.05, 0.1) is 15.7 Å². The molecule has 0 aromatic carbocycles. The molecule has 1 heterocycles. The Morgan fingerprint density at radius 3 is 2.50 bits per heavy atom. The Kier molecular flexibility index (Phi) is 4.45. The van der Waals surface area contributed by atoms with E-state index in [9.17, 15) is 0 Å². The summed E-state index contributed by atoms with van der Waals surface area (Å²) >= 11 is 11.8. The first-order valence-corrected chi connectivity index (χ1v) is 5.13. The standard InChI is InChI=1S/C9H13Cl2N3/c1-6(2-12)3-14-9-7(10)4-13-5-8(9)11/h4-6H,2-3,12H2,1H3,(H,13,14). The number of pyridine rings is 1. The molecule has 0 bridgehead atoms. The molecular weight excluding hydrogens is 221 g/mol. The lowest BCUT2D eigenvalue weighted by molar-refractivity contribution is 0.628. The zero-order valence-electron chi connectivity index (χ0n) is 7.93. The van der Waals surface area contributed by atoms with E-state index in [4.69, 9.17) is 28.9 Å². The highest BCUT2D eigenvalue weighted by molar-refractivity contribution is 6.38. The molecule has 1 atom stereocenters. The highest BCUT2D eigenvalue weighted by Gasteiger charge is 2.06. The van der Waals surface area contributed by atoms with Gasteiger partial charge in [0.25, 0.3) is 0 Å². The molecule has 0 spiro atoms. The van der Waals surface area contributed by atoms with Crippen LogP contribution in [-0.4, -0.2) is 18.1 Å². The number of nitrogens with one attached hydrogen (secondary N) is 1. The summed E-state index contributed by atoms with van der Waals surface area (Å²) in [6.45, 7) is 3.43. The third-order valence-electron chi connectivity index (χ3n) is 1.88. The fourth-order valence-electron chi connectivity index (χ4n) is 0.940. The van der Waals surface area contributed by atoms with Crippen LogP contribution >= 0.6 is 23.2 Å². The summed E-state index contributed by atoms with van der Waals surface area (Å²) in [5.74, 6) is 0.385. The van der Waals surface area contributed by atoms with Crippen molar-refractivity contribution in [1.29, 1.82) is 0 Å². The van der Waals surface area contributed by atoms with E-state index in [1.165, 1.54) is 0 Å². The highest BCUT2D eigenvalue weighted by atomic mass is 35.5. The first-order valence-electron chi connectivity index (χ1n) is 4.38. The molecule has 0 saturated carbocycles. The number of hydrogen-bond donors (Lipinski definition) is 2. The molecule has 1 aromatic heterocycles. The van der Waals surface area contributed by atoms with Crippen molar-refractivity contribution in [3.8, 4) is 0 Å². The number of halogens is 2. The lowest BCUT2D eigenvalue weighted by atomic mass is 10.2. The van der Waals surface area contributed by atoms with Gasteiger partial charge in [-0.3, -0.25) is 4.98 Å². The maximum atomic E-state index is 5.92. The second-order valence-electron chi connectivity index (χ2n) is 3.20. The van der Waals surface area contributed by atoms with Gasteiger partial charge in [-0.1, -0.05) is 30.1 Å². The van der Waals surface area contributed by atoms with Crippen LogP contribution in [0.5, 0.6) is 0 Å². The molecule has 5 heteroatoms. The maximum Gasteiger partial charge on any atom is 0.0836 e. The highest BCUT2D eigenvalue weighted by Crippen LogP contribution is 2.28. The van der Waals surface area contributed by atoms with E-state index in [-0.39, 0.29) is 0 Å². The average Bonchev–Trinajstić information content (AvgIpc) is 2.16. The lowest BCUT2D eigenvalue weighted by Crippen LogP contribution is -2.20. The van der Waals surface area contributed by atoms with Crippen molar-refractivity contribution in [1.82, 2.24) is 4.98 Å². The molecule has 0 radical (unpaired) electrons. The summed E-state index contributed by atoms with van der Waals surface area (Å²) in [6, 6.07) is 0. The Balaban J connectivity index is 2.66. The van der Waals surface area contributed by atoms with E-state index >= 15 is 0 Å². The van der Waals surface area contributed by atoms with Crippen molar-refractivity contribution in [2.75, 3.05) is 18.4 Å². The van der Waals surface area contributed by atoms with Crippen molar-refractivity contribution >= 4 is 28.9 Å². The predicted octanol–water partition coefficient (Wildman–Crippen LogP) is 2.40. The third kappa shape index (κ3) is 3.01. The zero-order valence-corrected chi connectivity index (χ0v) is 9.44. The molecule has 0 saturated heterocycles. The van der Waals surface area contributed by atoms with Crippen molar-refractivity contribution in [2.24, 2.45) is 11.7 Å². The van der Waals surface area contributed by atoms with E-state index in [1.807, 2.05) is 0 Å². The van der Waals surface area contributed by atoms with Gasteiger partial charge in [-0.25, -0.2) is 0 Å². The van der Waals surface area contributed by atoms with Gasteiger partial charge in [0.2, 0.25) is 0 Å². The van der Waals surface area contributed by atoms with Gasteiger partial charge in [-0.15, -0.1) is 0 Å². The number of anilines is 1. The van der Waals surface area contributed by atoms with E-state index in [1.54, 1.807) is 12.4 Å². The molecule has 0 fully saturated rings. The van der Waals surface area contributed by atoms with Crippen molar-refractivity contribution in [3.63, 3.8) is 0 Å². The topological polar surface area (TPSA) is 50.9 Å². The van der Waals surface area contributed by atoms with Crippen molar-refractivity contribution in [3.05, 3.63) is 22.4 Å². The fraction of sp³-hybridized carbons (Fsp3) is 0.444. The summed E-state index contributed by atoms with van der Waals surface area (Å²) in [6.07, 6.45) is 3.12. The van der Waals surface area contributed by atoms with Gasteiger partial charge >= 0.3 is 0 Å². The van der Waals surface area contributed by atoms with Crippen LogP contribution in [0.15, 0.2) is 12.4 Å². The Hall–Kier alpha value is -0.510. The SMILES string of the molecule is CC(CN)CNc1c(Cl)cncc1Cl. The number of hydrogen-bond acceptors (Lipinski definition) is 3. The molecule has 1 aromatic rings. The predicted molar refractivity (Wildman–Crippen MR) is 61.0 cm³/mol. The number of rotatable bonds is 4. The van der Waals surface area contributed by atoms with Gasteiger partial charge in [-0.05, 0) is 12.5 Å². The molecule has 3 nitrogen and oxygen atoms in total. The molecular formula is C9H13Cl2N3. The normalized spacial score (nSPS) is 12.6.